The first kappa shape index (κ1) is 17.2. The zero-order valence-corrected chi connectivity index (χ0v) is 14.7. The molecule has 1 aromatic heterocycles. The van der Waals surface area contributed by atoms with Gasteiger partial charge in [-0.2, -0.15) is 0 Å². The minimum absolute atomic E-state index is 0.0533. The average molecular weight is 357 g/mol. The second kappa shape index (κ2) is 7.48. The first-order valence-electron chi connectivity index (χ1n) is 7.97. The standard InChI is InChI=1S/C18H19N3O3S/c1-3-8-19-18-20-14(11-25-18)17(23)24-10-16(22)21-12(2)9-13-6-4-5-7-15(13)21/h3-7,11-12H,1,8-10H2,2H3,(H,19,20)/t12-/m1/s1. The third kappa shape index (κ3) is 3.71. The van der Waals surface area contributed by atoms with Crippen molar-refractivity contribution in [3.63, 3.8) is 0 Å². The number of carbonyl (C=O) groups is 2. The number of nitrogens with one attached hydrogen (secondary N) is 1. The van der Waals surface area contributed by atoms with Crippen molar-refractivity contribution in [2.75, 3.05) is 23.4 Å². The Kier molecular flexibility index (Phi) is 5.14. The third-order valence-electron chi connectivity index (χ3n) is 3.91. The minimum Gasteiger partial charge on any atom is -0.451 e. The minimum atomic E-state index is -0.601. The van der Waals surface area contributed by atoms with E-state index in [1.54, 1.807) is 16.4 Å². The SMILES string of the molecule is C=CCNc1nc(C(=O)OCC(=O)N2c3ccccc3C[C@H]2C)cs1. The topological polar surface area (TPSA) is 71.5 Å². The fraction of sp³-hybridized carbons (Fsp3) is 0.278. The molecule has 2 aromatic rings. The summed E-state index contributed by atoms with van der Waals surface area (Å²) in [6.07, 6.45) is 2.51. The molecule has 0 unspecified atom stereocenters. The van der Waals surface area contributed by atoms with Gasteiger partial charge < -0.3 is 15.0 Å². The number of benzene rings is 1. The molecule has 130 valence electrons. The van der Waals surface area contributed by atoms with Crippen LogP contribution in [0.1, 0.15) is 23.0 Å². The number of rotatable bonds is 6. The maximum Gasteiger partial charge on any atom is 0.358 e. The van der Waals surface area contributed by atoms with E-state index in [4.69, 9.17) is 4.74 Å². The molecule has 0 aliphatic carbocycles. The molecule has 0 radical (unpaired) electrons. The van der Waals surface area contributed by atoms with Crippen LogP contribution in [0.3, 0.4) is 0 Å². The Morgan fingerprint density at radius 2 is 2.28 bits per heavy atom. The van der Waals surface area contributed by atoms with Crippen molar-refractivity contribution in [2.24, 2.45) is 0 Å². The van der Waals surface area contributed by atoms with Gasteiger partial charge in [0.25, 0.3) is 5.91 Å². The van der Waals surface area contributed by atoms with Crippen LogP contribution in [0.5, 0.6) is 0 Å². The number of hydrogen-bond acceptors (Lipinski definition) is 6. The molecular weight excluding hydrogens is 338 g/mol. The summed E-state index contributed by atoms with van der Waals surface area (Å²) in [6.45, 7) is 5.85. The highest BCUT2D eigenvalue weighted by molar-refractivity contribution is 7.13. The van der Waals surface area contributed by atoms with E-state index in [1.807, 2.05) is 31.2 Å². The van der Waals surface area contributed by atoms with Gasteiger partial charge in [-0.25, -0.2) is 9.78 Å². The van der Waals surface area contributed by atoms with Crippen LogP contribution in [-0.2, 0) is 16.0 Å². The van der Waals surface area contributed by atoms with Crippen LogP contribution in [0.4, 0.5) is 10.8 Å². The van der Waals surface area contributed by atoms with E-state index in [0.717, 1.165) is 17.7 Å². The molecule has 0 bridgehead atoms. The monoisotopic (exact) mass is 357 g/mol. The lowest BCUT2D eigenvalue weighted by molar-refractivity contribution is -0.122. The van der Waals surface area contributed by atoms with Crippen molar-refractivity contribution >= 4 is 34.0 Å². The lowest BCUT2D eigenvalue weighted by atomic mass is 10.1. The van der Waals surface area contributed by atoms with Gasteiger partial charge in [-0.1, -0.05) is 24.3 Å². The van der Waals surface area contributed by atoms with E-state index in [9.17, 15) is 9.59 Å². The number of nitrogens with zero attached hydrogens (tertiary/aromatic N) is 2. The van der Waals surface area contributed by atoms with Gasteiger partial charge in [-0.05, 0) is 25.0 Å². The van der Waals surface area contributed by atoms with Crippen molar-refractivity contribution in [2.45, 2.75) is 19.4 Å². The van der Waals surface area contributed by atoms with Gasteiger partial charge in [0.05, 0.1) is 0 Å². The van der Waals surface area contributed by atoms with Crippen LogP contribution < -0.4 is 10.2 Å². The predicted molar refractivity (Wildman–Crippen MR) is 98.2 cm³/mol. The smallest absolute Gasteiger partial charge is 0.358 e. The summed E-state index contributed by atoms with van der Waals surface area (Å²) in [5.74, 6) is -0.831. The summed E-state index contributed by atoms with van der Waals surface area (Å²) in [6, 6.07) is 7.84. The summed E-state index contributed by atoms with van der Waals surface area (Å²) in [7, 11) is 0. The second-order valence-electron chi connectivity index (χ2n) is 5.73. The summed E-state index contributed by atoms with van der Waals surface area (Å²) in [4.78, 5) is 30.4. The van der Waals surface area contributed by atoms with E-state index in [2.05, 4.69) is 16.9 Å². The number of fused-ring (bicyclic) bond motifs is 1. The highest BCUT2D eigenvalue weighted by Gasteiger charge is 2.31. The molecule has 1 amide bonds. The molecule has 1 atom stereocenters. The molecule has 0 saturated carbocycles. The third-order valence-corrected chi connectivity index (χ3v) is 4.71. The lowest BCUT2D eigenvalue weighted by Gasteiger charge is -2.22. The Balaban J connectivity index is 1.60. The second-order valence-corrected chi connectivity index (χ2v) is 6.59. The van der Waals surface area contributed by atoms with Crippen molar-refractivity contribution in [1.82, 2.24) is 4.98 Å². The zero-order chi connectivity index (χ0) is 17.8. The van der Waals surface area contributed by atoms with Crippen molar-refractivity contribution in [3.8, 4) is 0 Å². The molecule has 1 aliphatic rings. The van der Waals surface area contributed by atoms with Gasteiger partial charge in [0, 0.05) is 23.7 Å². The Morgan fingerprint density at radius 3 is 3.08 bits per heavy atom. The molecule has 1 aromatic carbocycles. The number of para-hydroxylation sites is 1. The summed E-state index contributed by atoms with van der Waals surface area (Å²) >= 11 is 1.30. The van der Waals surface area contributed by atoms with E-state index >= 15 is 0 Å². The first-order valence-corrected chi connectivity index (χ1v) is 8.85. The number of aromatic nitrogens is 1. The van der Waals surface area contributed by atoms with E-state index in [1.165, 1.54) is 11.3 Å². The molecule has 3 rings (SSSR count). The maximum atomic E-state index is 12.5. The van der Waals surface area contributed by atoms with E-state index < -0.39 is 5.97 Å². The zero-order valence-electron chi connectivity index (χ0n) is 13.9. The fourth-order valence-electron chi connectivity index (χ4n) is 2.82. The van der Waals surface area contributed by atoms with Crippen LogP contribution >= 0.6 is 11.3 Å². The Hall–Kier alpha value is -2.67. The number of amides is 1. The van der Waals surface area contributed by atoms with Gasteiger partial charge in [-0.3, -0.25) is 4.79 Å². The number of thiazole rings is 1. The molecule has 2 heterocycles. The fourth-order valence-corrected chi connectivity index (χ4v) is 3.51. The Morgan fingerprint density at radius 1 is 1.48 bits per heavy atom. The quantitative estimate of drug-likeness (QED) is 0.636. The average Bonchev–Trinajstić information content (AvgIpc) is 3.21. The van der Waals surface area contributed by atoms with Gasteiger partial charge in [0.2, 0.25) is 0 Å². The molecule has 0 saturated heterocycles. The largest absolute Gasteiger partial charge is 0.451 e. The van der Waals surface area contributed by atoms with E-state index in [0.29, 0.717) is 11.7 Å². The molecule has 0 spiro atoms. The highest BCUT2D eigenvalue weighted by Crippen LogP contribution is 2.31. The van der Waals surface area contributed by atoms with Crippen LogP contribution in [-0.4, -0.2) is 36.1 Å². The van der Waals surface area contributed by atoms with E-state index in [-0.39, 0.29) is 24.2 Å². The predicted octanol–water partition coefficient (Wildman–Crippen LogP) is 2.88. The maximum absolute atomic E-state index is 12.5. The van der Waals surface area contributed by atoms with Gasteiger partial charge in [-0.15, -0.1) is 17.9 Å². The Bertz CT molecular complexity index is 802. The molecule has 7 heteroatoms. The molecule has 1 N–H and O–H groups in total. The lowest BCUT2D eigenvalue weighted by Crippen LogP contribution is -2.38. The number of esters is 1. The molecule has 25 heavy (non-hydrogen) atoms. The normalized spacial score (nSPS) is 15.6. The summed E-state index contributed by atoms with van der Waals surface area (Å²) in [5, 5.41) is 5.22. The van der Waals surface area contributed by atoms with Crippen molar-refractivity contribution in [1.29, 1.82) is 0 Å². The van der Waals surface area contributed by atoms with Crippen molar-refractivity contribution in [3.05, 3.63) is 53.6 Å². The first-order chi connectivity index (χ1) is 12.1. The van der Waals surface area contributed by atoms with Crippen LogP contribution in [0.2, 0.25) is 0 Å². The van der Waals surface area contributed by atoms with Gasteiger partial charge >= 0.3 is 5.97 Å². The van der Waals surface area contributed by atoms with Crippen LogP contribution in [0.25, 0.3) is 0 Å². The van der Waals surface area contributed by atoms with Crippen molar-refractivity contribution < 1.29 is 14.3 Å². The molecule has 1 aliphatic heterocycles. The number of anilines is 2. The van der Waals surface area contributed by atoms with Crippen LogP contribution in [0.15, 0.2) is 42.3 Å². The van der Waals surface area contributed by atoms with Gasteiger partial charge in [0.15, 0.2) is 17.4 Å². The Labute approximate surface area is 150 Å². The molecule has 6 nitrogen and oxygen atoms in total. The molecular formula is C18H19N3O3S. The number of ether oxygens (including phenoxy) is 1. The number of carbonyl (C=O) groups excluding carboxylic acids is 2. The molecule has 0 fully saturated rings. The number of hydrogen-bond donors (Lipinski definition) is 1. The summed E-state index contributed by atoms with van der Waals surface area (Å²) < 4.78 is 5.15. The van der Waals surface area contributed by atoms with Crippen LogP contribution in [0, 0.1) is 0 Å². The van der Waals surface area contributed by atoms with Gasteiger partial charge in [0.1, 0.15) is 0 Å². The summed E-state index contributed by atoms with van der Waals surface area (Å²) in [5.41, 5.74) is 2.21. The highest BCUT2D eigenvalue weighted by atomic mass is 32.1.